The molecule has 0 aliphatic carbocycles. The summed E-state index contributed by atoms with van der Waals surface area (Å²) in [5, 5.41) is -1.10. The summed E-state index contributed by atoms with van der Waals surface area (Å²) in [7, 11) is -4.03. The van der Waals surface area contributed by atoms with Gasteiger partial charge in [0.05, 0.1) is 0 Å². The maximum Gasteiger partial charge on any atom is 0.280 e. The van der Waals surface area contributed by atoms with Crippen LogP contribution in [0.5, 0.6) is 0 Å². The highest BCUT2D eigenvalue weighted by molar-refractivity contribution is 7.86. The molecule has 0 saturated heterocycles. The normalized spacial score (nSPS) is 13.8. The van der Waals surface area contributed by atoms with Gasteiger partial charge in [-0.2, -0.15) is 8.42 Å². The van der Waals surface area contributed by atoms with Gasteiger partial charge in [0.1, 0.15) is 5.37 Å². The first-order chi connectivity index (χ1) is 7.98. The Bertz CT molecular complexity index is 265. The van der Waals surface area contributed by atoms with Gasteiger partial charge in [0.15, 0.2) is 0 Å². The van der Waals surface area contributed by atoms with E-state index < -0.39 is 15.5 Å². The molecule has 0 saturated carbocycles. The van der Waals surface area contributed by atoms with Gasteiger partial charge in [0, 0.05) is 0 Å². The highest BCUT2D eigenvalue weighted by Gasteiger charge is 2.16. The summed E-state index contributed by atoms with van der Waals surface area (Å²) in [5.41, 5.74) is 5.31. The third-order valence-electron chi connectivity index (χ3n) is 2.97. The Hall–Kier alpha value is -0.130. The van der Waals surface area contributed by atoms with E-state index in [4.69, 9.17) is 10.3 Å². The third kappa shape index (κ3) is 10.7. The number of nitrogens with two attached hydrogens (primary N) is 1. The van der Waals surface area contributed by atoms with Gasteiger partial charge in [-0.15, -0.1) is 0 Å². The summed E-state index contributed by atoms with van der Waals surface area (Å²) in [4.78, 5) is 0. The highest BCUT2D eigenvalue weighted by Crippen LogP contribution is 2.11. The molecule has 0 aromatic carbocycles. The zero-order chi connectivity index (χ0) is 13.1. The van der Waals surface area contributed by atoms with Crippen LogP contribution >= 0.6 is 0 Å². The van der Waals surface area contributed by atoms with Gasteiger partial charge in [-0.25, -0.2) is 0 Å². The fourth-order valence-corrected chi connectivity index (χ4v) is 2.27. The lowest BCUT2D eigenvalue weighted by molar-refractivity contribution is 0.457. The van der Waals surface area contributed by atoms with Crippen molar-refractivity contribution >= 4 is 10.1 Å². The molecule has 5 heteroatoms. The number of hydrogen-bond acceptors (Lipinski definition) is 3. The second-order valence-corrected chi connectivity index (χ2v) is 6.31. The minimum Gasteiger partial charge on any atom is -0.313 e. The van der Waals surface area contributed by atoms with Crippen LogP contribution in [0.25, 0.3) is 0 Å². The molecule has 0 aromatic rings. The van der Waals surface area contributed by atoms with Gasteiger partial charge < -0.3 is 5.73 Å². The van der Waals surface area contributed by atoms with Crippen LogP contribution in [0.4, 0.5) is 0 Å². The van der Waals surface area contributed by atoms with Crippen molar-refractivity contribution < 1.29 is 13.0 Å². The van der Waals surface area contributed by atoms with E-state index in [1.807, 2.05) is 0 Å². The second-order valence-electron chi connectivity index (χ2n) is 4.67. The van der Waals surface area contributed by atoms with Crippen molar-refractivity contribution in [3.05, 3.63) is 0 Å². The molecule has 0 rings (SSSR count). The van der Waals surface area contributed by atoms with Gasteiger partial charge in [-0.3, -0.25) is 4.55 Å². The van der Waals surface area contributed by atoms with Gasteiger partial charge in [-0.05, 0) is 6.42 Å². The van der Waals surface area contributed by atoms with E-state index in [0.29, 0.717) is 6.42 Å². The fourth-order valence-electron chi connectivity index (χ4n) is 1.81. The fraction of sp³-hybridized carbons (Fsp3) is 1.00. The predicted molar refractivity (Wildman–Crippen MR) is 71.4 cm³/mol. The van der Waals surface area contributed by atoms with Crippen LogP contribution in [0.15, 0.2) is 0 Å². The number of hydrogen-bond donors (Lipinski definition) is 2. The molecule has 0 spiro atoms. The lowest BCUT2D eigenvalue weighted by Gasteiger charge is -2.07. The van der Waals surface area contributed by atoms with E-state index in [1.54, 1.807) is 0 Å². The number of unbranched alkanes of at least 4 members (excludes halogenated alkanes) is 8. The van der Waals surface area contributed by atoms with Gasteiger partial charge in [-0.1, -0.05) is 64.7 Å². The van der Waals surface area contributed by atoms with E-state index in [1.165, 1.54) is 38.5 Å². The van der Waals surface area contributed by atoms with Gasteiger partial charge in [0.2, 0.25) is 0 Å². The Morgan fingerprint density at radius 1 is 0.941 bits per heavy atom. The summed E-state index contributed by atoms with van der Waals surface area (Å²) in [6.07, 6.45) is 11.0. The van der Waals surface area contributed by atoms with Crippen LogP contribution < -0.4 is 5.73 Å². The van der Waals surface area contributed by atoms with Crippen molar-refractivity contribution in [2.45, 2.75) is 76.5 Å². The molecule has 0 aromatic heterocycles. The molecular formula is C12H27NO3S. The molecule has 4 nitrogen and oxygen atoms in total. The molecule has 0 fully saturated rings. The maximum atomic E-state index is 10.6. The van der Waals surface area contributed by atoms with Crippen LogP contribution in [0.1, 0.15) is 71.1 Å². The topological polar surface area (TPSA) is 80.4 Å². The molecule has 1 unspecified atom stereocenters. The van der Waals surface area contributed by atoms with Crippen molar-refractivity contribution in [1.29, 1.82) is 0 Å². The molecule has 104 valence electrons. The molecule has 3 N–H and O–H groups in total. The largest absolute Gasteiger partial charge is 0.313 e. The van der Waals surface area contributed by atoms with Crippen LogP contribution in [-0.2, 0) is 10.1 Å². The summed E-state index contributed by atoms with van der Waals surface area (Å²) in [6.45, 7) is 2.21. The van der Waals surface area contributed by atoms with Gasteiger partial charge >= 0.3 is 0 Å². The van der Waals surface area contributed by atoms with Crippen LogP contribution in [0.2, 0.25) is 0 Å². The summed E-state index contributed by atoms with van der Waals surface area (Å²) >= 11 is 0. The average Bonchev–Trinajstić information content (AvgIpc) is 2.25. The molecule has 0 aliphatic heterocycles. The van der Waals surface area contributed by atoms with Crippen LogP contribution in [-0.4, -0.2) is 18.3 Å². The minimum absolute atomic E-state index is 0.356. The molecule has 0 heterocycles. The Balaban J connectivity index is 3.24. The van der Waals surface area contributed by atoms with Crippen molar-refractivity contribution in [3.63, 3.8) is 0 Å². The highest BCUT2D eigenvalue weighted by atomic mass is 32.2. The molecule has 0 amide bonds. The quantitative estimate of drug-likeness (QED) is 0.444. The van der Waals surface area contributed by atoms with E-state index in [0.717, 1.165) is 19.3 Å². The van der Waals surface area contributed by atoms with E-state index in [2.05, 4.69) is 6.92 Å². The maximum absolute atomic E-state index is 10.6. The first-order valence-corrected chi connectivity index (χ1v) is 8.20. The summed E-state index contributed by atoms with van der Waals surface area (Å²) < 4.78 is 29.9. The SMILES string of the molecule is CCCCCCCCCCCC(N)S(=O)(=O)O. The van der Waals surface area contributed by atoms with Crippen molar-refractivity contribution in [3.8, 4) is 0 Å². The molecule has 0 bridgehead atoms. The zero-order valence-electron chi connectivity index (χ0n) is 10.9. The van der Waals surface area contributed by atoms with Crippen LogP contribution in [0, 0.1) is 0 Å². The smallest absolute Gasteiger partial charge is 0.280 e. The van der Waals surface area contributed by atoms with Crippen molar-refractivity contribution in [1.82, 2.24) is 0 Å². The lowest BCUT2D eigenvalue weighted by atomic mass is 10.1. The van der Waals surface area contributed by atoms with E-state index in [9.17, 15) is 8.42 Å². The molecular weight excluding hydrogens is 238 g/mol. The van der Waals surface area contributed by atoms with Crippen molar-refractivity contribution in [2.24, 2.45) is 5.73 Å². The predicted octanol–water partition coefficient (Wildman–Crippen LogP) is 3.08. The molecule has 0 radical (unpaired) electrons. The van der Waals surface area contributed by atoms with Crippen LogP contribution in [0.3, 0.4) is 0 Å². The number of rotatable bonds is 11. The zero-order valence-corrected chi connectivity index (χ0v) is 11.7. The Labute approximate surface area is 106 Å². The summed E-state index contributed by atoms with van der Waals surface area (Å²) in [6, 6.07) is 0. The summed E-state index contributed by atoms with van der Waals surface area (Å²) in [5.74, 6) is 0. The van der Waals surface area contributed by atoms with E-state index >= 15 is 0 Å². The standard InChI is InChI=1S/C12H27NO3S/c1-2-3-4-5-6-7-8-9-10-11-12(13)17(14,15)16/h12H,2-11,13H2,1H3,(H,14,15,16). The molecule has 17 heavy (non-hydrogen) atoms. The van der Waals surface area contributed by atoms with Crippen molar-refractivity contribution in [2.75, 3.05) is 0 Å². The third-order valence-corrected chi connectivity index (χ3v) is 3.98. The van der Waals surface area contributed by atoms with E-state index in [-0.39, 0.29) is 0 Å². The minimum atomic E-state index is -4.03. The Morgan fingerprint density at radius 3 is 1.76 bits per heavy atom. The van der Waals surface area contributed by atoms with Gasteiger partial charge in [0.25, 0.3) is 10.1 Å². The Kier molecular flexibility index (Phi) is 9.78. The monoisotopic (exact) mass is 265 g/mol. The second kappa shape index (κ2) is 9.85. The lowest BCUT2D eigenvalue weighted by Crippen LogP contribution is -2.29. The first kappa shape index (κ1) is 16.9. The Morgan fingerprint density at radius 2 is 1.35 bits per heavy atom. The molecule has 1 atom stereocenters. The molecule has 0 aliphatic rings. The first-order valence-electron chi connectivity index (χ1n) is 6.70. The average molecular weight is 265 g/mol.